The molecule has 1 N–H and O–H groups in total. The van der Waals surface area contributed by atoms with Gasteiger partial charge < -0.3 is 10.1 Å². The molecule has 4 aromatic rings. The number of hydrogen-bond acceptors (Lipinski definition) is 3. The number of amides is 1. The fraction of sp³-hybridized carbons (Fsp3) is 0.120. The van der Waals surface area contributed by atoms with Gasteiger partial charge >= 0.3 is 0 Å². The number of nitrogens with one attached hydrogen (secondary N) is 1. The van der Waals surface area contributed by atoms with E-state index in [4.69, 9.17) is 4.74 Å². The molecule has 150 valence electrons. The van der Waals surface area contributed by atoms with Crippen LogP contribution in [0.15, 0.2) is 97.3 Å². The van der Waals surface area contributed by atoms with E-state index in [-0.39, 0.29) is 12.5 Å². The van der Waals surface area contributed by atoms with Gasteiger partial charge in [0, 0.05) is 24.7 Å². The van der Waals surface area contributed by atoms with Gasteiger partial charge in [0.15, 0.2) is 6.61 Å². The molecule has 0 atom stereocenters. The van der Waals surface area contributed by atoms with Crippen LogP contribution in [-0.2, 0) is 17.8 Å². The lowest BCUT2D eigenvalue weighted by Crippen LogP contribution is -2.28. The summed E-state index contributed by atoms with van der Waals surface area (Å²) in [6.45, 7) is 0.374. The molecule has 1 aromatic heterocycles. The number of carbonyl (C=O) groups is 1. The Bertz CT molecular complexity index is 1090. The molecule has 1 heterocycles. The zero-order chi connectivity index (χ0) is 20.6. The molecule has 4 rings (SSSR count). The predicted molar refractivity (Wildman–Crippen MR) is 117 cm³/mol. The summed E-state index contributed by atoms with van der Waals surface area (Å²) in [5.41, 5.74) is 4.17. The highest BCUT2D eigenvalue weighted by Gasteiger charge is 2.08. The summed E-state index contributed by atoms with van der Waals surface area (Å²) in [7, 11) is 0. The first-order chi connectivity index (χ1) is 14.8. The second kappa shape index (κ2) is 9.56. The topological polar surface area (TPSA) is 56.1 Å². The number of hydrogen-bond donors (Lipinski definition) is 1. The van der Waals surface area contributed by atoms with Crippen molar-refractivity contribution >= 4 is 5.91 Å². The number of nitrogens with zero attached hydrogens (tertiary/aromatic N) is 2. The van der Waals surface area contributed by atoms with Crippen molar-refractivity contribution in [3.05, 3.63) is 114 Å². The van der Waals surface area contributed by atoms with Gasteiger partial charge in [-0.25, -0.2) is 4.68 Å². The van der Waals surface area contributed by atoms with Crippen molar-refractivity contribution in [2.45, 2.75) is 13.0 Å². The summed E-state index contributed by atoms with van der Waals surface area (Å²) >= 11 is 0. The van der Waals surface area contributed by atoms with Gasteiger partial charge in [0.1, 0.15) is 5.75 Å². The fourth-order valence-corrected chi connectivity index (χ4v) is 3.17. The summed E-state index contributed by atoms with van der Waals surface area (Å²) in [6.07, 6.45) is 4.42. The minimum atomic E-state index is -0.169. The predicted octanol–water partition coefficient (Wildman–Crippen LogP) is 4.16. The summed E-state index contributed by atoms with van der Waals surface area (Å²) in [5, 5.41) is 7.23. The highest BCUT2D eigenvalue weighted by Crippen LogP contribution is 2.21. The van der Waals surface area contributed by atoms with E-state index in [0.29, 0.717) is 6.54 Å². The third-order valence-corrected chi connectivity index (χ3v) is 4.72. The summed E-state index contributed by atoms with van der Waals surface area (Å²) in [5.74, 6) is 0.561. The van der Waals surface area contributed by atoms with Gasteiger partial charge in [-0.15, -0.1) is 0 Å². The van der Waals surface area contributed by atoms with Crippen LogP contribution in [0, 0.1) is 0 Å². The molecule has 30 heavy (non-hydrogen) atoms. The smallest absolute Gasteiger partial charge is 0.258 e. The van der Waals surface area contributed by atoms with Crippen molar-refractivity contribution in [1.82, 2.24) is 15.1 Å². The monoisotopic (exact) mass is 397 g/mol. The molecule has 0 spiro atoms. The van der Waals surface area contributed by atoms with Gasteiger partial charge in [-0.05, 0) is 29.3 Å². The van der Waals surface area contributed by atoms with Gasteiger partial charge in [-0.2, -0.15) is 5.10 Å². The molecule has 0 radical (unpaired) electrons. The molecule has 1 amide bonds. The first-order valence-electron chi connectivity index (χ1n) is 9.88. The van der Waals surface area contributed by atoms with E-state index in [1.807, 2.05) is 79.0 Å². The highest BCUT2D eigenvalue weighted by molar-refractivity contribution is 5.77. The number of rotatable bonds is 8. The van der Waals surface area contributed by atoms with Crippen LogP contribution in [0.5, 0.6) is 5.75 Å². The second-order valence-electron chi connectivity index (χ2n) is 6.96. The van der Waals surface area contributed by atoms with Gasteiger partial charge in [0.05, 0.1) is 11.9 Å². The van der Waals surface area contributed by atoms with Crippen molar-refractivity contribution < 1.29 is 9.53 Å². The maximum Gasteiger partial charge on any atom is 0.258 e. The lowest BCUT2D eigenvalue weighted by Gasteiger charge is -2.11. The van der Waals surface area contributed by atoms with Crippen LogP contribution in [0.3, 0.4) is 0 Å². The number of ether oxygens (including phenoxy) is 1. The third-order valence-electron chi connectivity index (χ3n) is 4.72. The summed E-state index contributed by atoms with van der Waals surface area (Å²) in [4.78, 5) is 12.3. The van der Waals surface area contributed by atoms with Crippen LogP contribution in [-0.4, -0.2) is 22.3 Å². The van der Waals surface area contributed by atoms with E-state index in [1.54, 1.807) is 10.9 Å². The first kappa shape index (κ1) is 19.5. The average molecular weight is 397 g/mol. The van der Waals surface area contributed by atoms with E-state index < -0.39 is 0 Å². The van der Waals surface area contributed by atoms with Crippen LogP contribution < -0.4 is 10.1 Å². The first-order valence-corrected chi connectivity index (χ1v) is 9.88. The highest BCUT2D eigenvalue weighted by atomic mass is 16.5. The van der Waals surface area contributed by atoms with E-state index in [0.717, 1.165) is 29.0 Å². The average Bonchev–Trinajstić information content (AvgIpc) is 3.28. The van der Waals surface area contributed by atoms with E-state index >= 15 is 0 Å². The summed E-state index contributed by atoms with van der Waals surface area (Å²) < 4.78 is 7.59. The maximum atomic E-state index is 12.3. The van der Waals surface area contributed by atoms with Crippen LogP contribution in [0.25, 0.3) is 5.69 Å². The Morgan fingerprint density at radius 2 is 1.57 bits per heavy atom. The van der Waals surface area contributed by atoms with Crippen LogP contribution in [0.2, 0.25) is 0 Å². The molecule has 0 bridgehead atoms. The Balaban J connectivity index is 1.30. The number of para-hydroxylation sites is 2. The normalized spacial score (nSPS) is 10.5. The molecule has 0 aliphatic heterocycles. The molecule has 0 saturated carbocycles. The zero-order valence-corrected chi connectivity index (χ0v) is 16.6. The van der Waals surface area contributed by atoms with Crippen LogP contribution in [0.1, 0.15) is 16.7 Å². The Morgan fingerprint density at radius 3 is 2.37 bits per heavy atom. The number of benzene rings is 3. The van der Waals surface area contributed by atoms with Gasteiger partial charge in [0.25, 0.3) is 5.91 Å². The molecule has 0 unspecified atom stereocenters. The van der Waals surface area contributed by atoms with Crippen LogP contribution in [0.4, 0.5) is 0 Å². The Hall–Kier alpha value is -3.86. The lowest BCUT2D eigenvalue weighted by molar-refractivity contribution is -0.123. The van der Waals surface area contributed by atoms with Crippen molar-refractivity contribution in [2.24, 2.45) is 0 Å². The minimum Gasteiger partial charge on any atom is -0.483 e. The quantitative estimate of drug-likeness (QED) is 0.486. The zero-order valence-electron chi connectivity index (χ0n) is 16.6. The molecule has 5 nitrogen and oxygen atoms in total. The second-order valence-corrected chi connectivity index (χ2v) is 6.96. The van der Waals surface area contributed by atoms with Crippen molar-refractivity contribution in [1.29, 1.82) is 0 Å². The van der Waals surface area contributed by atoms with Gasteiger partial charge in [0.2, 0.25) is 0 Å². The Morgan fingerprint density at radius 1 is 0.867 bits per heavy atom. The molecule has 0 aliphatic carbocycles. The molecular weight excluding hydrogens is 374 g/mol. The SMILES string of the molecule is O=C(COc1ccccc1Cc1ccccc1)NCc1cnn(-c2ccccc2)c1. The molecule has 0 aliphatic rings. The van der Waals surface area contributed by atoms with E-state index in [2.05, 4.69) is 22.5 Å². The lowest BCUT2D eigenvalue weighted by atomic mass is 10.0. The van der Waals surface area contributed by atoms with Crippen molar-refractivity contribution in [3.8, 4) is 11.4 Å². The number of carbonyl (C=O) groups excluding carboxylic acids is 1. The summed E-state index contributed by atoms with van der Waals surface area (Å²) in [6, 6.07) is 27.9. The largest absolute Gasteiger partial charge is 0.483 e. The molecule has 0 saturated heterocycles. The Labute approximate surface area is 175 Å². The number of aromatic nitrogens is 2. The molecule has 0 fully saturated rings. The minimum absolute atomic E-state index is 0.0291. The Kier molecular flexibility index (Phi) is 6.20. The van der Waals surface area contributed by atoms with E-state index in [9.17, 15) is 4.79 Å². The fourth-order valence-electron chi connectivity index (χ4n) is 3.17. The molecular formula is C25H23N3O2. The third kappa shape index (κ3) is 5.14. The standard InChI is InChI=1S/C25H23N3O2/c29-25(26-16-21-17-27-28(18-21)23-12-5-2-6-13-23)19-30-24-14-8-7-11-22(24)15-20-9-3-1-4-10-20/h1-14,17-18H,15-16,19H2,(H,26,29). The van der Waals surface area contributed by atoms with E-state index in [1.165, 1.54) is 5.56 Å². The van der Waals surface area contributed by atoms with Crippen molar-refractivity contribution in [3.63, 3.8) is 0 Å². The molecule has 3 aromatic carbocycles. The van der Waals surface area contributed by atoms with Gasteiger partial charge in [-0.1, -0.05) is 66.7 Å². The molecule has 5 heteroatoms. The van der Waals surface area contributed by atoms with Gasteiger partial charge in [-0.3, -0.25) is 4.79 Å². The maximum absolute atomic E-state index is 12.3. The van der Waals surface area contributed by atoms with Crippen LogP contribution >= 0.6 is 0 Å². The van der Waals surface area contributed by atoms with Crippen molar-refractivity contribution in [2.75, 3.05) is 6.61 Å².